The van der Waals surface area contributed by atoms with Crippen molar-refractivity contribution in [2.75, 3.05) is 0 Å². The molecule has 0 amide bonds. The third-order valence-electron chi connectivity index (χ3n) is 4.33. The first-order valence-electron chi connectivity index (χ1n) is 7.65. The van der Waals surface area contributed by atoms with Crippen LogP contribution in [-0.2, 0) is 0 Å². The molecule has 3 heterocycles. The van der Waals surface area contributed by atoms with Crippen LogP contribution in [0.25, 0.3) is 21.1 Å². The Bertz CT molecular complexity index is 1160. The Morgan fingerprint density at radius 3 is 2.88 bits per heavy atom. The minimum atomic E-state index is -0.129. The van der Waals surface area contributed by atoms with E-state index in [1.54, 1.807) is 17.6 Å². The molecule has 0 saturated heterocycles. The summed E-state index contributed by atoms with van der Waals surface area (Å²) in [6, 6.07) is 8.04. The van der Waals surface area contributed by atoms with Crippen molar-refractivity contribution in [3.63, 3.8) is 0 Å². The van der Waals surface area contributed by atoms with Gasteiger partial charge in [-0.3, -0.25) is 4.79 Å². The van der Waals surface area contributed by atoms with Crippen molar-refractivity contribution in [2.45, 2.75) is 20.8 Å². The maximum absolute atomic E-state index is 12.7. The van der Waals surface area contributed by atoms with Gasteiger partial charge in [0.2, 0.25) is 0 Å². The minimum absolute atomic E-state index is 0.129. The monoisotopic (exact) mass is 336 g/mol. The van der Waals surface area contributed by atoms with E-state index in [9.17, 15) is 4.79 Å². The number of nitrogens with one attached hydrogen (secondary N) is 1. The van der Waals surface area contributed by atoms with Gasteiger partial charge < -0.3 is 4.98 Å². The van der Waals surface area contributed by atoms with Crippen LogP contribution in [0.2, 0.25) is 0 Å². The van der Waals surface area contributed by atoms with E-state index >= 15 is 0 Å². The highest BCUT2D eigenvalue weighted by Crippen LogP contribution is 2.25. The van der Waals surface area contributed by atoms with E-state index in [4.69, 9.17) is 0 Å². The van der Waals surface area contributed by atoms with Crippen LogP contribution in [0.15, 0.2) is 40.5 Å². The zero-order valence-electron chi connectivity index (χ0n) is 13.6. The second kappa shape index (κ2) is 5.42. The van der Waals surface area contributed by atoms with Crippen LogP contribution in [-0.4, -0.2) is 20.9 Å². The molecule has 5 nitrogen and oxygen atoms in total. The molecule has 0 radical (unpaired) electrons. The molecule has 1 aromatic carbocycles. The van der Waals surface area contributed by atoms with Gasteiger partial charge in [-0.05, 0) is 32.4 Å². The van der Waals surface area contributed by atoms with Crippen molar-refractivity contribution in [3.05, 3.63) is 62.6 Å². The predicted molar refractivity (Wildman–Crippen MR) is 99.4 cm³/mol. The quantitative estimate of drug-likeness (QED) is 0.567. The lowest BCUT2D eigenvalue weighted by Crippen LogP contribution is -2.17. The fourth-order valence-corrected chi connectivity index (χ4v) is 3.88. The highest BCUT2D eigenvalue weighted by Gasteiger charge is 2.12. The molecule has 1 N–H and O–H groups in total. The van der Waals surface area contributed by atoms with Gasteiger partial charge in [0.1, 0.15) is 11.2 Å². The van der Waals surface area contributed by atoms with E-state index in [1.807, 2.05) is 45.0 Å². The molecule has 0 bridgehead atoms. The van der Waals surface area contributed by atoms with Gasteiger partial charge in [0.05, 0.1) is 11.6 Å². The third kappa shape index (κ3) is 2.18. The standard InChI is InChI=1S/C18H16N4OS/c1-10-12(3)24-17-16(10)18(23)22(9-19-17)20-8-14-11(2)21-15-7-5-4-6-13(14)15/h4-9,21H,1-3H3/b20-8+. The van der Waals surface area contributed by atoms with Crippen molar-refractivity contribution in [3.8, 4) is 0 Å². The van der Waals surface area contributed by atoms with E-state index in [2.05, 4.69) is 15.1 Å². The second-order valence-corrected chi connectivity index (χ2v) is 7.01. The number of rotatable bonds is 2. The number of benzene rings is 1. The van der Waals surface area contributed by atoms with E-state index in [0.717, 1.165) is 37.4 Å². The largest absolute Gasteiger partial charge is 0.358 e. The number of aromatic nitrogens is 3. The first kappa shape index (κ1) is 14.8. The average molecular weight is 336 g/mol. The number of aromatic amines is 1. The van der Waals surface area contributed by atoms with Crippen LogP contribution < -0.4 is 5.56 Å². The number of hydrogen-bond acceptors (Lipinski definition) is 4. The average Bonchev–Trinajstić information content (AvgIpc) is 3.04. The molecule has 0 spiro atoms. The van der Waals surface area contributed by atoms with Crippen LogP contribution in [0.1, 0.15) is 21.7 Å². The van der Waals surface area contributed by atoms with Crippen molar-refractivity contribution in [1.29, 1.82) is 0 Å². The number of thiophene rings is 1. The number of hydrogen-bond donors (Lipinski definition) is 1. The first-order chi connectivity index (χ1) is 11.6. The molecule has 0 fully saturated rings. The van der Waals surface area contributed by atoms with Crippen LogP contribution in [0, 0.1) is 20.8 Å². The minimum Gasteiger partial charge on any atom is -0.358 e. The van der Waals surface area contributed by atoms with E-state index < -0.39 is 0 Å². The molecule has 0 atom stereocenters. The molecule has 0 aliphatic heterocycles. The zero-order valence-corrected chi connectivity index (χ0v) is 14.4. The maximum Gasteiger partial charge on any atom is 0.282 e. The maximum atomic E-state index is 12.7. The first-order valence-corrected chi connectivity index (χ1v) is 8.47. The fourth-order valence-electron chi connectivity index (χ4n) is 2.89. The predicted octanol–water partition coefficient (Wildman–Crippen LogP) is 3.75. The van der Waals surface area contributed by atoms with E-state index in [-0.39, 0.29) is 5.56 Å². The van der Waals surface area contributed by atoms with Crippen LogP contribution in [0.4, 0.5) is 0 Å². The second-order valence-electron chi connectivity index (χ2n) is 5.81. The Labute approximate surface area is 142 Å². The summed E-state index contributed by atoms with van der Waals surface area (Å²) in [6.45, 7) is 5.96. The van der Waals surface area contributed by atoms with Gasteiger partial charge >= 0.3 is 0 Å². The van der Waals surface area contributed by atoms with E-state index in [1.165, 1.54) is 11.0 Å². The number of para-hydroxylation sites is 1. The lowest BCUT2D eigenvalue weighted by Gasteiger charge is -1.99. The molecule has 0 unspecified atom stereocenters. The van der Waals surface area contributed by atoms with Crippen LogP contribution in [0.5, 0.6) is 0 Å². The summed E-state index contributed by atoms with van der Waals surface area (Å²) < 4.78 is 1.31. The Morgan fingerprint density at radius 1 is 1.25 bits per heavy atom. The number of aryl methyl sites for hydroxylation is 3. The SMILES string of the molecule is Cc1[nH]c2ccccc2c1/C=N/n1cnc2sc(C)c(C)c2c1=O. The van der Waals surface area contributed by atoms with Gasteiger partial charge in [-0.2, -0.15) is 9.78 Å². The molecular formula is C18H16N4OS. The van der Waals surface area contributed by atoms with Gasteiger partial charge in [0.25, 0.3) is 5.56 Å². The van der Waals surface area contributed by atoms with Gasteiger partial charge in [0, 0.05) is 27.0 Å². The normalized spacial score (nSPS) is 12.0. The molecule has 4 rings (SSSR count). The molecule has 6 heteroatoms. The van der Waals surface area contributed by atoms with Gasteiger partial charge in [0.15, 0.2) is 0 Å². The smallest absolute Gasteiger partial charge is 0.282 e. The fraction of sp³-hybridized carbons (Fsp3) is 0.167. The van der Waals surface area contributed by atoms with Gasteiger partial charge in [-0.15, -0.1) is 11.3 Å². The summed E-state index contributed by atoms with van der Waals surface area (Å²) in [6.07, 6.45) is 3.21. The Hall–Kier alpha value is -2.73. The molecule has 3 aromatic heterocycles. The summed E-state index contributed by atoms with van der Waals surface area (Å²) >= 11 is 1.54. The Kier molecular flexibility index (Phi) is 3.35. The Morgan fingerprint density at radius 2 is 2.04 bits per heavy atom. The number of fused-ring (bicyclic) bond motifs is 2. The highest BCUT2D eigenvalue weighted by molar-refractivity contribution is 7.18. The van der Waals surface area contributed by atoms with Crippen molar-refractivity contribution in [2.24, 2.45) is 5.10 Å². The summed E-state index contributed by atoms with van der Waals surface area (Å²) in [5.74, 6) is 0. The highest BCUT2D eigenvalue weighted by atomic mass is 32.1. The van der Waals surface area contributed by atoms with Gasteiger partial charge in [-0.1, -0.05) is 18.2 Å². The Balaban J connectivity index is 1.85. The van der Waals surface area contributed by atoms with Gasteiger partial charge in [-0.25, -0.2) is 4.98 Å². The summed E-state index contributed by atoms with van der Waals surface area (Å²) in [7, 11) is 0. The molecule has 0 aliphatic carbocycles. The lowest BCUT2D eigenvalue weighted by molar-refractivity contribution is 0.818. The summed E-state index contributed by atoms with van der Waals surface area (Å²) in [4.78, 5) is 22.3. The van der Waals surface area contributed by atoms with Crippen molar-refractivity contribution in [1.82, 2.24) is 14.6 Å². The van der Waals surface area contributed by atoms with Crippen molar-refractivity contribution >= 4 is 38.7 Å². The van der Waals surface area contributed by atoms with Crippen LogP contribution >= 0.6 is 11.3 Å². The molecule has 0 aliphatic rings. The summed E-state index contributed by atoms with van der Waals surface area (Å²) in [5, 5.41) is 6.11. The number of nitrogens with zero attached hydrogens (tertiary/aromatic N) is 3. The van der Waals surface area contributed by atoms with Crippen LogP contribution in [0.3, 0.4) is 0 Å². The summed E-state index contributed by atoms with van der Waals surface area (Å²) in [5.41, 5.74) is 3.91. The molecule has 0 saturated carbocycles. The molecular weight excluding hydrogens is 320 g/mol. The zero-order chi connectivity index (χ0) is 16.8. The molecule has 24 heavy (non-hydrogen) atoms. The number of H-pyrrole nitrogens is 1. The molecule has 120 valence electrons. The topological polar surface area (TPSA) is 63.0 Å². The van der Waals surface area contributed by atoms with E-state index in [0.29, 0.717) is 5.39 Å². The third-order valence-corrected chi connectivity index (χ3v) is 5.44. The molecule has 4 aromatic rings. The van der Waals surface area contributed by atoms with Crippen molar-refractivity contribution < 1.29 is 0 Å². The lowest BCUT2D eigenvalue weighted by atomic mass is 10.1.